The first-order chi connectivity index (χ1) is 4.58. The minimum absolute atomic E-state index is 0.502. The van der Waals surface area contributed by atoms with Crippen molar-refractivity contribution < 1.29 is 9.11 Å². The van der Waals surface area contributed by atoms with E-state index in [1.807, 2.05) is 0 Å². The molecule has 0 fully saturated rings. The molecule has 0 aliphatic rings. The standard InChI is InChI=1S/C4H9N3O2S/c1-10(8,9)7-4-2-3-5-6-4/h2-3,8-9H,1H3,(H2,5,6,7). The summed E-state index contributed by atoms with van der Waals surface area (Å²) in [5.74, 6) is 0.502. The SMILES string of the molecule is CS(O)(O)Nc1ccn[nH]1. The van der Waals surface area contributed by atoms with Gasteiger partial charge in [-0.25, -0.2) is 0 Å². The number of nitrogens with one attached hydrogen (secondary N) is 2. The van der Waals surface area contributed by atoms with Gasteiger partial charge >= 0.3 is 0 Å². The van der Waals surface area contributed by atoms with Gasteiger partial charge in [-0.05, 0) is 0 Å². The summed E-state index contributed by atoms with van der Waals surface area (Å²) in [7, 11) is -2.67. The molecule has 0 amide bonds. The minimum Gasteiger partial charge on any atom is -0.282 e. The molecule has 0 aliphatic heterocycles. The van der Waals surface area contributed by atoms with Crippen LogP contribution in [-0.4, -0.2) is 25.6 Å². The van der Waals surface area contributed by atoms with E-state index in [-0.39, 0.29) is 0 Å². The Kier molecular flexibility index (Phi) is 1.84. The summed E-state index contributed by atoms with van der Waals surface area (Å²) in [5.41, 5.74) is 0. The van der Waals surface area contributed by atoms with E-state index in [9.17, 15) is 0 Å². The third kappa shape index (κ3) is 2.26. The molecule has 0 spiro atoms. The number of hydrogen-bond acceptors (Lipinski definition) is 4. The van der Waals surface area contributed by atoms with Gasteiger partial charge in [0.1, 0.15) is 5.82 Å². The lowest BCUT2D eigenvalue weighted by Crippen LogP contribution is -2.06. The molecule has 4 N–H and O–H groups in total. The zero-order valence-corrected chi connectivity index (χ0v) is 6.22. The van der Waals surface area contributed by atoms with Crippen LogP contribution in [0.1, 0.15) is 0 Å². The van der Waals surface area contributed by atoms with E-state index in [2.05, 4.69) is 14.9 Å². The molecule has 0 radical (unpaired) electrons. The molecule has 6 heteroatoms. The molecule has 0 atom stereocenters. The molecule has 0 aliphatic carbocycles. The number of hydrogen-bond donors (Lipinski definition) is 4. The van der Waals surface area contributed by atoms with Crippen LogP contribution in [0, 0.1) is 0 Å². The maximum Gasteiger partial charge on any atom is 0.139 e. The van der Waals surface area contributed by atoms with Gasteiger partial charge in [0.05, 0.1) is 6.20 Å². The zero-order chi connectivity index (χ0) is 7.61. The normalized spacial score (nSPS) is 13.1. The molecular weight excluding hydrogens is 154 g/mol. The largest absolute Gasteiger partial charge is 0.282 e. The highest BCUT2D eigenvalue weighted by atomic mass is 32.3. The Morgan fingerprint density at radius 1 is 1.70 bits per heavy atom. The summed E-state index contributed by atoms with van der Waals surface area (Å²) < 4.78 is 20.2. The Labute approximate surface area is 59.9 Å². The van der Waals surface area contributed by atoms with Gasteiger partial charge in [-0.3, -0.25) is 18.9 Å². The van der Waals surface area contributed by atoms with Crippen LogP contribution in [0.5, 0.6) is 0 Å². The van der Waals surface area contributed by atoms with Crippen LogP contribution in [0.3, 0.4) is 0 Å². The number of rotatable bonds is 2. The van der Waals surface area contributed by atoms with Crippen LogP contribution < -0.4 is 4.72 Å². The highest BCUT2D eigenvalue weighted by Gasteiger charge is 2.02. The van der Waals surface area contributed by atoms with Crippen LogP contribution in [-0.2, 0) is 0 Å². The number of anilines is 1. The van der Waals surface area contributed by atoms with Crippen molar-refractivity contribution in [3.63, 3.8) is 0 Å². The molecule has 5 nitrogen and oxygen atoms in total. The lowest BCUT2D eigenvalue weighted by Gasteiger charge is -2.27. The van der Waals surface area contributed by atoms with Crippen LogP contribution in [0.2, 0.25) is 0 Å². The molecule has 58 valence electrons. The first-order valence-corrected chi connectivity index (χ1v) is 4.54. The summed E-state index contributed by atoms with van der Waals surface area (Å²) >= 11 is 0. The predicted molar refractivity (Wildman–Crippen MR) is 41.0 cm³/mol. The van der Waals surface area contributed by atoms with Crippen LogP contribution in [0.15, 0.2) is 12.3 Å². The van der Waals surface area contributed by atoms with Crippen molar-refractivity contribution in [2.75, 3.05) is 11.0 Å². The van der Waals surface area contributed by atoms with E-state index in [0.29, 0.717) is 5.82 Å². The number of H-pyrrole nitrogens is 1. The van der Waals surface area contributed by atoms with Gasteiger partial charge in [-0.2, -0.15) is 5.10 Å². The Morgan fingerprint density at radius 2 is 2.40 bits per heavy atom. The summed E-state index contributed by atoms with van der Waals surface area (Å²) in [5, 5.41) is 6.14. The topological polar surface area (TPSA) is 81.2 Å². The second-order valence-electron chi connectivity index (χ2n) is 1.91. The van der Waals surface area contributed by atoms with Gasteiger partial charge in [0.15, 0.2) is 0 Å². The summed E-state index contributed by atoms with van der Waals surface area (Å²) in [6.07, 6.45) is 2.82. The van der Waals surface area contributed by atoms with Gasteiger partial charge in [0.2, 0.25) is 0 Å². The van der Waals surface area contributed by atoms with Crippen molar-refractivity contribution in [2.24, 2.45) is 0 Å². The monoisotopic (exact) mass is 163 g/mol. The van der Waals surface area contributed by atoms with Gasteiger partial charge in [-0.1, -0.05) is 0 Å². The third-order valence-electron chi connectivity index (χ3n) is 0.804. The van der Waals surface area contributed by atoms with Crippen molar-refractivity contribution in [2.45, 2.75) is 0 Å². The highest BCUT2D eigenvalue weighted by molar-refractivity contribution is 8.24. The van der Waals surface area contributed by atoms with Crippen molar-refractivity contribution >= 4 is 16.6 Å². The van der Waals surface area contributed by atoms with E-state index < -0.39 is 10.8 Å². The van der Waals surface area contributed by atoms with E-state index in [1.165, 1.54) is 12.5 Å². The first kappa shape index (κ1) is 7.39. The Bertz CT molecular complexity index is 193. The summed E-state index contributed by atoms with van der Waals surface area (Å²) in [6, 6.07) is 1.61. The minimum atomic E-state index is -2.67. The molecule has 0 saturated carbocycles. The average molecular weight is 163 g/mol. The molecule has 1 aromatic heterocycles. The lowest BCUT2D eigenvalue weighted by molar-refractivity contribution is 0.502. The van der Waals surface area contributed by atoms with Gasteiger partial charge in [0, 0.05) is 12.3 Å². The van der Waals surface area contributed by atoms with Crippen molar-refractivity contribution in [3.05, 3.63) is 12.3 Å². The second kappa shape index (κ2) is 2.49. The molecule has 1 heterocycles. The van der Waals surface area contributed by atoms with Crippen LogP contribution >= 0.6 is 10.8 Å². The van der Waals surface area contributed by atoms with Gasteiger partial charge in [0.25, 0.3) is 0 Å². The predicted octanol–water partition coefficient (Wildman–Crippen LogP) is 1.12. The number of aromatic amines is 1. The van der Waals surface area contributed by atoms with E-state index in [0.717, 1.165) is 0 Å². The van der Waals surface area contributed by atoms with Crippen LogP contribution in [0.4, 0.5) is 5.82 Å². The zero-order valence-electron chi connectivity index (χ0n) is 5.40. The number of nitrogens with zero attached hydrogens (tertiary/aromatic N) is 1. The van der Waals surface area contributed by atoms with Gasteiger partial charge < -0.3 is 0 Å². The summed E-state index contributed by atoms with van der Waals surface area (Å²) in [4.78, 5) is 0. The molecule has 0 unspecified atom stereocenters. The molecule has 1 rings (SSSR count). The number of aromatic nitrogens is 2. The fourth-order valence-corrected chi connectivity index (χ4v) is 1.05. The van der Waals surface area contributed by atoms with Crippen LogP contribution in [0.25, 0.3) is 0 Å². The molecule has 0 saturated heterocycles. The molecule has 1 aromatic rings. The fraction of sp³-hybridized carbons (Fsp3) is 0.250. The van der Waals surface area contributed by atoms with Gasteiger partial charge in [-0.15, -0.1) is 10.8 Å². The van der Waals surface area contributed by atoms with Crippen molar-refractivity contribution in [3.8, 4) is 0 Å². The smallest absolute Gasteiger partial charge is 0.139 e. The molecular formula is C4H9N3O2S. The Morgan fingerprint density at radius 3 is 2.80 bits per heavy atom. The van der Waals surface area contributed by atoms with E-state index >= 15 is 0 Å². The molecule has 0 bridgehead atoms. The first-order valence-electron chi connectivity index (χ1n) is 2.58. The third-order valence-corrected chi connectivity index (χ3v) is 1.41. The molecule has 10 heavy (non-hydrogen) atoms. The summed E-state index contributed by atoms with van der Waals surface area (Å²) in [6.45, 7) is 0. The quantitative estimate of drug-likeness (QED) is 0.526. The van der Waals surface area contributed by atoms with Crippen molar-refractivity contribution in [1.29, 1.82) is 0 Å². The maximum atomic E-state index is 8.87. The molecule has 0 aromatic carbocycles. The second-order valence-corrected chi connectivity index (χ2v) is 3.78. The van der Waals surface area contributed by atoms with E-state index in [1.54, 1.807) is 6.07 Å². The van der Waals surface area contributed by atoms with E-state index in [4.69, 9.17) is 9.11 Å². The van der Waals surface area contributed by atoms with Crippen molar-refractivity contribution in [1.82, 2.24) is 10.2 Å². The fourth-order valence-electron chi connectivity index (χ4n) is 0.521. The Balaban J connectivity index is 2.57. The maximum absolute atomic E-state index is 8.87. The highest BCUT2D eigenvalue weighted by Crippen LogP contribution is 2.32. The Hall–Kier alpha value is -0.720. The average Bonchev–Trinajstić information content (AvgIpc) is 2.12. The lowest BCUT2D eigenvalue weighted by atomic mass is 10.7.